The Morgan fingerprint density at radius 2 is 1.88 bits per heavy atom. The average molecular weight is 487 g/mol. The number of hydrogen-bond acceptors (Lipinski definition) is 5. The Kier molecular flexibility index (Phi) is 7.19. The second-order valence-corrected chi connectivity index (χ2v) is 11.6. The first-order valence-electron chi connectivity index (χ1n) is 11.9. The molecule has 1 N–H and O–H groups in total. The molecule has 1 spiro atoms. The van der Waals surface area contributed by atoms with Gasteiger partial charge < -0.3 is 14.8 Å². The maximum atomic E-state index is 13.0. The Labute approximate surface area is 202 Å². The van der Waals surface area contributed by atoms with Gasteiger partial charge in [-0.1, -0.05) is 24.6 Å². The molecular formula is C26H34N2O5S. The molecule has 1 aliphatic carbocycles. The summed E-state index contributed by atoms with van der Waals surface area (Å²) in [6.07, 6.45) is 6.93. The molecule has 0 bridgehead atoms. The van der Waals surface area contributed by atoms with Crippen molar-refractivity contribution >= 4 is 15.9 Å². The van der Waals surface area contributed by atoms with Crippen LogP contribution in [-0.2, 0) is 21.2 Å². The first kappa shape index (κ1) is 24.5. The standard InChI is InChI=1S/C26H34N2O5S/c1-28(2)34(30,31)20-12-13-23(32-3)19(17-20)11-14-25(29)27-22-18-26(15-7-4-8-16-26)33-24-10-6-5-9-21(22)24/h5-6,9-10,12-13,17,22H,4,7-8,11,14-16,18H2,1-3H3,(H,27,29). The summed E-state index contributed by atoms with van der Waals surface area (Å²) < 4.78 is 38.1. The van der Waals surface area contributed by atoms with Crippen LogP contribution in [0.4, 0.5) is 0 Å². The van der Waals surface area contributed by atoms with E-state index in [1.165, 1.54) is 30.9 Å². The van der Waals surface area contributed by atoms with Crippen LogP contribution in [-0.4, -0.2) is 45.4 Å². The third-order valence-electron chi connectivity index (χ3n) is 6.95. The number of hydrogen-bond donors (Lipinski definition) is 1. The first-order chi connectivity index (χ1) is 16.2. The Morgan fingerprint density at radius 1 is 1.15 bits per heavy atom. The molecule has 0 aromatic heterocycles. The van der Waals surface area contributed by atoms with Gasteiger partial charge in [0.15, 0.2) is 0 Å². The number of benzene rings is 2. The Hall–Kier alpha value is -2.58. The molecule has 1 fully saturated rings. The number of ether oxygens (including phenoxy) is 2. The summed E-state index contributed by atoms with van der Waals surface area (Å²) in [6.45, 7) is 0. The van der Waals surface area contributed by atoms with Crippen molar-refractivity contribution in [1.82, 2.24) is 9.62 Å². The molecule has 1 amide bonds. The lowest BCUT2D eigenvalue weighted by atomic mass is 9.77. The second kappa shape index (κ2) is 9.96. The SMILES string of the molecule is COc1ccc(S(=O)(=O)N(C)C)cc1CCC(=O)NC1CC2(CCCCC2)Oc2ccccc21. The maximum absolute atomic E-state index is 13.0. The predicted octanol–water partition coefficient (Wildman–Crippen LogP) is 4.22. The number of nitrogens with one attached hydrogen (secondary N) is 1. The molecule has 1 saturated carbocycles. The fraction of sp³-hybridized carbons (Fsp3) is 0.500. The molecule has 0 radical (unpaired) electrons. The van der Waals surface area contributed by atoms with Crippen LogP contribution < -0.4 is 14.8 Å². The van der Waals surface area contributed by atoms with Crippen LogP contribution in [0.3, 0.4) is 0 Å². The minimum absolute atomic E-state index is 0.0735. The van der Waals surface area contributed by atoms with E-state index in [0.717, 1.165) is 43.4 Å². The Bertz CT molecular complexity index is 1140. The highest BCUT2D eigenvalue weighted by Gasteiger charge is 2.42. The van der Waals surface area contributed by atoms with E-state index < -0.39 is 10.0 Å². The highest BCUT2D eigenvalue weighted by molar-refractivity contribution is 7.89. The van der Waals surface area contributed by atoms with Crippen molar-refractivity contribution in [3.05, 3.63) is 53.6 Å². The molecule has 2 aliphatic rings. The minimum Gasteiger partial charge on any atom is -0.496 e. The molecule has 1 aliphatic heterocycles. The van der Waals surface area contributed by atoms with Gasteiger partial charge in [0.1, 0.15) is 17.1 Å². The maximum Gasteiger partial charge on any atom is 0.242 e. The van der Waals surface area contributed by atoms with Crippen LogP contribution >= 0.6 is 0 Å². The van der Waals surface area contributed by atoms with Gasteiger partial charge in [-0.2, -0.15) is 0 Å². The van der Waals surface area contributed by atoms with Gasteiger partial charge in [0.2, 0.25) is 15.9 Å². The zero-order valence-corrected chi connectivity index (χ0v) is 21.0. The Balaban J connectivity index is 1.49. The zero-order chi connectivity index (χ0) is 24.3. The van der Waals surface area contributed by atoms with E-state index in [4.69, 9.17) is 9.47 Å². The van der Waals surface area contributed by atoms with Gasteiger partial charge in [-0.25, -0.2) is 12.7 Å². The van der Waals surface area contributed by atoms with Crippen LogP contribution in [0.15, 0.2) is 47.4 Å². The van der Waals surface area contributed by atoms with Gasteiger partial charge >= 0.3 is 0 Å². The van der Waals surface area contributed by atoms with Gasteiger partial charge in [-0.15, -0.1) is 0 Å². The summed E-state index contributed by atoms with van der Waals surface area (Å²) in [5.41, 5.74) is 1.50. The van der Waals surface area contributed by atoms with Crippen molar-refractivity contribution in [3.8, 4) is 11.5 Å². The number of carbonyl (C=O) groups excluding carboxylic acids is 1. The average Bonchev–Trinajstić information content (AvgIpc) is 2.82. The summed E-state index contributed by atoms with van der Waals surface area (Å²) >= 11 is 0. The molecule has 34 heavy (non-hydrogen) atoms. The summed E-state index contributed by atoms with van der Waals surface area (Å²) in [5, 5.41) is 3.23. The fourth-order valence-electron chi connectivity index (χ4n) is 5.09. The lowest BCUT2D eigenvalue weighted by Crippen LogP contribution is -2.46. The van der Waals surface area contributed by atoms with E-state index in [1.54, 1.807) is 19.2 Å². The zero-order valence-electron chi connectivity index (χ0n) is 20.2. The molecule has 1 heterocycles. The molecule has 7 nitrogen and oxygen atoms in total. The van der Waals surface area contributed by atoms with Crippen LogP contribution in [0.1, 0.15) is 62.1 Å². The molecule has 4 rings (SSSR count). The molecule has 2 aromatic rings. The van der Waals surface area contributed by atoms with Crippen LogP contribution in [0, 0.1) is 0 Å². The number of amides is 1. The van der Waals surface area contributed by atoms with E-state index in [-0.39, 0.29) is 28.9 Å². The number of carbonyl (C=O) groups is 1. The fourth-order valence-corrected chi connectivity index (χ4v) is 6.04. The number of methoxy groups -OCH3 is 1. The summed E-state index contributed by atoms with van der Waals surface area (Å²) in [4.78, 5) is 13.2. The number of para-hydroxylation sites is 1. The van der Waals surface area contributed by atoms with E-state index >= 15 is 0 Å². The smallest absolute Gasteiger partial charge is 0.242 e. The Morgan fingerprint density at radius 3 is 2.59 bits per heavy atom. The normalized spacial score (nSPS) is 19.4. The van der Waals surface area contributed by atoms with Crippen molar-refractivity contribution < 1.29 is 22.7 Å². The topological polar surface area (TPSA) is 84.9 Å². The lowest BCUT2D eigenvalue weighted by Gasteiger charge is -2.44. The molecule has 8 heteroatoms. The van der Waals surface area contributed by atoms with Crippen LogP contribution in [0.5, 0.6) is 11.5 Å². The van der Waals surface area contributed by atoms with Crippen molar-refractivity contribution in [2.45, 2.75) is 67.9 Å². The quantitative estimate of drug-likeness (QED) is 0.633. The highest BCUT2D eigenvalue weighted by atomic mass is 32.2. The summed E-state index contributed by atoms with van der Waals surface area (Å²) in [7, 11) is 0.967. The largest absolute Gasteiger partial charge is 0.496 e. The molecule has 184 valence electrons. The molecule has 0 saturated heterocycles. The third-order valence-corrected chi connectivity index (χ3v) is 8.76. The number of aryl methyl sites for hydroxylation is 1. The van der Waals surface area contributed by atoms with Gasteiger partial charge in [0.05, 0.1) is 18.0 Å². The van der Waals surface area contributed by atoms with Gasteiger partial charge in [-0.3, -0.25) is 4.79 Å². The second-order valence-electron chi connectivity index (χ2n) is 9.47. The molecular weight excluding hydrogens is 452 g/mol. The monoisotopic (exact) mass is 486 g/mol. The number of nitrogens with zero attached hydrogens (tertiary/aromatic N) is 1. The van der Waals surface area contributed by atoms with Gasteiger partial charge in [-0.05, 0) is 61.9 Å². The van der Waals surface area contributed by atoms with Crippen molar-refractivity contribution in [2.75, 3.05) is 21.2 Å². The van der Waals surface area contributed by atoms with E-state index in [0.29, 0.717) is 17.7 Å². The summed E-state index contributed by atoms with van der Waals surface area (Å²) in [6, 6.07) is 12.6. The van der Waals surface area contributed by atoms with Crippen molar-refractivity contribution in [1.29, 1.82) is 0 Å². The third kappa shape index (κ3) is 5.08. The molecule has 1 unspecified atom stereocenters. The number of sulfonamides is 1. The van der Waals surface area contributed by atoms with Crippen molar-refractivity contribution in [2.24, 2.45) is 0 Å². The highest BCUT2D eigenvalue weighted by Crippen LogP contribution is 2.46. The van der Waals surface area contributed by atoms with E-state index in [1.807, 2.05) is 24.3 Å². The number of rotatable bonds is 7. The van der Waals surface area contributed by atoms with Crippen LogP contribution in [0.2, 0.25) is 0 Å². The van der Waals surface area contributed by atoms with Gasteiger partial charge in [0, 0.05) is 32.5 Å². The molecule has 2 aromatic carbocycles. The number of fused-ring (bicyclic) bond motifs is 1. The van der Waals surface area contributed by atoms with Gasteiger partial charge in [0.25, 0.3) is 0 Å². The van der Waals surface area contributed by atoms with Crippen LogP contribution in [0.25, 0.3) is 0 Å². The summed E-state index contributed by atoms with van der Waals surface area (Å²) in [5.74, 6) is 1.36. The van der Waals surface area contributed by atoms with Crippen molar-refractivity contribution in [3.63, 3.8) is 0 Å². The minimum atomic E-state index is -3.57. The predicted molar refractivity (Wildman–Crippen MR) is 131 cm³/mol. The van der Waals surface area contributed by atoms with E-state index in [2.05, 4.69) is 5.32 Å². The molecule has 1 atom stereocenters. The first-order valence-corrected chi connectivity index (χ1v) is 13.3. The van der Waals surface area contributed by atoms with E-state index in [9.17, 15) is 13.2 Å². The lowest BCUT2D eigenvalue weighted by molar-refractivity contribution is -0.122.